The van der Waals surface area contributed by atoms with Gasteiger partial charge in [-0.1, -0.05) is 42.5 Å². The van der Waals surface area contributed by atoms with E-state index in [1.165, 1.54) is 48.1 Å². The second-order valence-corrected chi connectivity index (χ2v) is 8.93. The van der Waals surface area contributed by atoms with E-state index in [0.717, 1.165) is 17.7 Å². The van der Waals surface area contributed by atoms with Gasteiger partial charge < -0.3 is 9.64 Å². The lowest BCUT2D eigenvalue weighted by Crippen LogP contribution is -2.47. The molecule has 0 unspecified atom stereocenters. The third kappa shape index (κ3) is 5.18. The number of carbonyl (C=O) groups is 2. The van der Waals surface area contributed by atoms with Crippen molar-refractivity contribution in [2.24, 2.45) is 0 Å². The lowest BCUT2D eigenvalue weighted by atomic mass is 9.78. The summed E-state index contributed by atoms with van der Waals surface area (Å²) in [6.45, 7) is 1.54. The molecular weight excluding hydrogens is 485 g/mol. The summed E-state index contributed by atoms with van der Waals surface area (Å²) in [6, 6.07) is 15.9. The zero-order valence-corrected chi connectivity index (χ0v) is 20.5. The van der Waals surface area contributed by atoms with Crippen LogP contribution in [-0.4, -0.2) is 52.1 Å². The molecule has 2 aromatic carbocycles. The largest absolute Gasteiger partial charge is 0.468 e. The van der Waals surface area contributed by atoms with Gasteiger partial charge in [0.15, 0.2) is 5.65 Å². The molecular formula is C27H25F3N4O3. The molecule has 0 spiro atoms. The fourth-order valence-electron chi connectivity index (χ4n) is 4.38. The first-order chi connectivity index (χ1) is 17.5. The average Bonchev–Trinajstić information content (AvgIpc) is 3.32. The van der Waals surface area contributed by atoms with Gasteiger partial charge in [-0.25, -0.2) is 9.50 Å². The monoisotopic (exact) mass is 510 g/mol. The van der Waals surface area contributed by atoms with Crippen LogP contribution in [-0.2, 0) is 32.3 Å². The van der Waals surface area contributed by atoms with E-state index in [0.29, 0.717) is 28.9 Å². The number of halogens is 3. The van der Waals surface area contributed by atoms with Crippen molar-refractivity contribution >= 4 is 17.5 Å². The predicted molar refractivity (Wildman–Crippen MR) is 131 cm³/mol. The molecule has 0 aliphatic rings. The smallest absolute Gasteiger partial charge is 0.416 e. The average molecular weight is 511 g/mol. The first-order valence-corrected chi connectivity index (χ1v) is 11.4. The zero-order chi connectivity index (χ0) is 26.8. The molecule has 192 valence electrons. The third-order valence-electron chi connectivity index (χ3n) is 6.30. The Morgan fingerprint density at radius 1 is 1.03 bits per heavy atom. The van der Waals surface area contributed by atoms with Crippen molar-refractivity contribution in [1.29, 1.82) is 0 Å². The van der Waals surface area contributed by atoms with E-state index in [4.69, 9.17) is 4.74 Å². The fourth-order valence-corrected chi connectivity index (χ4v) is 4.38. The van der Waals surface area contributed by atoms with Crippen LogP contribution in [0.5, 0.6) is 0 Å². The molecule has 0 saturated carbocycles. The van der Waals surface area contributed by atoms with E-state index >= 15 is 0 Å². The molecule has 0 aliphatic carbocycles. The van der Waals surface area contributed by atoms with Crippen molar-refractivity contribution in [2.45, 2.75) is 24.9 Å². The Labute approximate surface area is 211 Å². The van der Waals surface area contributed by atoms with Crippen LogP contribution in [0.4, 0.5) is 13.2 Å². The Morgan fingerprint density at radius 3 is 2.32 bits per heavy atom. The Balaban J connectivity index is 1.81. The van der Waals surface area contributed by atoms with Gasteiger partial charge in [0, 0.05) is 18.8 Å². The number of benzene rings is 2. The van der Waals surface area contributed by atoms with Gasteiger partial charge in [0.2, 0.25) is 5.91 Å². The van der Waals surface area contributed by atoms with Crippen LogP contribution in [0.2, 0.25) is 0 Å². The van der Waals surface area contributed by atoms with Gasteiger partial charge >= 0.3 is 12.1 Å². The maximum Gasteiger partial charge on any atom is 0.416 e. The maximum absolute atomic E-state index is 13.8. The van der Waals surface area contributed by atoms with E-state index in [2.05, 4.69) is 10.1 Å². The van der Waals surface area contributed by atoms with Gasteiger partial charge in [0.25, 0.3) is 0 Å². The molecule has 0 aliphatic heterocycles. The van der Waals surface area contributed by atoms with E-state index in [9.17, 15) is 22.8 Å². The number of rotatable bonds is 7. The summed E-state index contributed by atoms with van der Waals surface area (Å²) in [5, 5.41) is 4.46. The highest BCUT2D eigenvalue weighted by atomic mass is 19.4. The lowest BCUT2D eigenvalue weighted by Gasteiger charge is -2.33. The Bertz CT molecular complexity index is 1420. The van der Waals surface area contributed by atoms with E-state index < -0.39 is 23.1 Å². The normalized spacial score (nSPS) is 13.2. The molecule has 2 heterocycles. The van der Waals surface area contributed by atoms with Crippen LogP contribution < -0.4 is 0 Å². The summed E-state index contributed by atoms with van der Waals surface area (Å²) in [5.41, 5.74) is 0.899. The van der Waals surface area contributed by atoms with Gasteiger partial charge in [-0.3, -0.25) is 9.59 Å². The van der Waals surface area contributed by atoms with Gasteiger partial charge in [-0.05, 0) is 42.7 Å². The van der Waals surface area contributed by atoms with Gasteiger partial charge in [-0.2, -0.15) is 18.3 Å². The third-order valence-corrected chi connectivity index (χ3v) is 6.30. The zero-order valence-electron chi connectivity index (χ0n) is 20.5. The minimum Gasteiger partial charge on any atom is -0.468 e. The van der Waals surface area contributed by atoms with Crippen molar-refractivity contribution in [3.8, 4) is 11.1 Å². The summed E-state index contributed by atoms with van der Waals surface area (Å²) >= 11 is 0. The number of carbonyl (C=O) groups excluding carboxylic acids is 2. The topological polar surface area (TPSA) is 76.8 Å². The Hall–Kier alpha value is -4.21. The molecule has 37 heavy (non-hydrogen) atoms. The molecule has 0 radical (unpaired) electrons. The minimum atomic E-state index is -4.44. The summed E-state index contributed by atoms with van der Waals surface area (Å²) < 4.78 is 45.3. The molecule has 10 heteroatoms. The molecule has 4 rings (SSSR count). The number of hydrogen-bond acceptors (Lipinski definition) is 5. The Kier molecular flexibility index (Phi) is 7.02. The summed E-state index contributed by atoms with van der Waals surface area (Å²) in [5.74, 6) is -0.887. The molecule has 0 saturated heterocycles. The molecule has 0 bridgehead atoms. The number of alkyl halides is 3. The molecule has 0 fully saturated rings. The molecule has 2 aromatic heterocycles. The highest BCUT2D eigenvalue weighted by Crippen LogP contribution is 2.34. The number of hydrogen-bond donors (Lipinski definition) is 0. The fraction of sp³-hybridized carbons (Fsp3) is 0.259. The quantitative estimate of drug-likeness (QED) is 0.341. The molecule has 1 amide bonds. The molecule has 4 aromatic rings. The number of aromatic nitrogens is 3. The minimum absolute atomic E-state index is 0.232. The number of esters is 1. The van der Waals surface area contributed by atoms with Crippen molar-refractivity contribution in [3.63, 3.8) is 0 Å². The van der Waals surface area contributed by atoms with Crippen LogP contribution in [0.15, 0.2) is 73.1 Å². The van der Waals surface area contributed by atoms with Crippen molar-refractivity contribution < 1.29 is 27.5 Å². The summed E-state index contributed by atoms with van der Waals surface area (Å²) in [7, 11) is 2.78. The van der Waals surface area contributed by atoms with E-state index in [1.807, 2.05) is 30.3 Å². The standard InChI is InChI=1S/C27H25F3N4O3/c1-26(15-18-7-5-4-6-8-18,25(36)33(2)17-23(35)37-3)22-13-14-31-24-21(16-32-34(22)24)19-9-11-20(12-10-19)27(28,29)30/h4-14,16H,15,17H2,1-3H3/t26-/m0/s1. The van der Waals surface area contributed by atoms with Gasteiger partial charge in [0.1, 0.15) is 6.54 Å². The summed E-state index contributed by atoms with van der Waals surface area (Å²) in [4.78, 5) is 31.4. The van der Waals surface area contributed by atoms with Crippen LogP contribution in [0.25, 0.3) is 16.8 Å². The number of likely N-dealkylation sites (N-methyl/N-ethyl adjacent to an activating group) is 1. The number of fused-ring (bicyclic) bond motifs is 1. The second kappa shape index (κ2) is 10.0. The van der Waals surface area contributed by atoms with E-state index in [-0.39, 0.29) is 12.5 Å². The molecule has 0 N–H and O–H groups in total. The van der Waals surface area contributed by atoms with Gasteiger partial charge in [0.05, 0.1) is 30.0 Å². The SMILES string of the molecule is COC(=O)CN(C)C(=O)[C@@](C)(Cc1ccccc1)c1ccnc2c(-c3ccc(C(F)(F)F)cc3)cnn12. The maximum atomic E-state index is 13.8. The van der Waals surface area contributed by atoms with Gasteiger partial charge in [-0.15, -0.1) is 0 Å². The first-order valence-electron chi connectivity index (χ1n) is 11.4. The molecule has 7 nitrogen and oxygen atoms in total. The first kappa shape index (κ1) is 25.9. The van der Waals surface area contributed by atoms with Crippen LogP contribution in [0, 0.1) is 0 Å². The van der Waals surface area contributed by atoms with Crippen LogP contribution in [0.1, 0.15) is 23.7 Å². The highest BCUT2D eigenvalue weighted by Gasteiger charge is 2.40. The number of nitrogens with zero attached hydrogens (tertiary/aromatic N) is 4. The number of amides is 1. The van der Waals surface area contributed by atoms with Crippen LogP contribution in [0.3, 0.4) is 0 Å². The number of methoxy groups -OCH3 is 1. The van der Waals surface area contributed by atoms with Crippen molar-refractivity contribution in [3.05, 3.63) is 89.9 Å². The second-order valence-electron chi connectivity index (χ2n) is 8.93. The van der Waals surface area contributed by atoms with Crippen LogP contribution >= 0.6 is 0 Å². The predicted octanol–water partition coefficient (Wildman–Crippen LogP) is 4.55. The van der Waals surface area contributed by atoms with Crippen molar-refractivity contribution in [1.82, 2.24) is 19.5 Å². The molecule has 1 atom stereocenters. The van der Waals surface area contributed by atoms with E-state index in [1.54, 1.807) is 13.0 Å². The number of ether oxygens (including phenoxy) is 1. The summed E-state index contributed by atoms with van der Waals surface area (Å²) in [6.07, 6.45) is -1.09. The lowest BCUT2D eigenvalue weighted by molar-refractivity contribution is -0.148. The highest BCUT2D eigenvalue weighted by molar-refractivity contribution is 5.90. The van der Waals surface area contributed by atoms with Crippen molar-refractivity contribution in [2.75, 3.05) is 20.7 Å². The Morgan fingerprint density at radius 2 is 1.70 bits per heavy atom.